The number of ether oxygens (including phenoxy) is 4. The van der Waals surface area contributed by atoms with Crippen LogP contribution in [0.25, 0.3) is 0 Å². The monoisotopic (exact) mass is 370 g/mol. The van der Waals surface area contributed by atoms with Gasteiger partial charge in [-0.05, 0) is 29.8 Å². The van der Waals surface area contributed by atoms with Gasteiger partial charge in [0.25, 0.3) is 5.91 Å². The molecule has 2 aromatic rings. The maximum absolute atomic E-state index is 12.5. The predicted molar refractivity (Wildman–Crippen MR) is 98.4 cm³/mol. The molecule has 2 aromatic carbocycles. The van der Waals surface area contributed by atoms with E-state index in [-0.39, 0.29) is 31.3 Å². The first-order valence-corrected chi connectivity index (χ1v) is 8.84. The van der Waals surface area contributed by atoms with Crippen LogP contribution in [0.1, 0.15) is 11.5 Å². The first kappa shape index (κ1) is 17.5. The average Bonchev–Trinajstić information content (AvgIpc) is 3.32. The third-order valence-electron chi connectivity index (χ3n) is 4.97. The summed E-state index contributed by atoms with van der Waals surface area (Å²) in [5.41, 5.74) is 7.39. The summed E-state index contributed by atoms with van der Waals surface area (Å²) in [4.78, 5) is 14.3. The molecule has 0 aliphatic carbocycles. The maximum Gasteiger partial charge on any atom is 0.260 e. The molecule has 4 rings (SSSR count). The molecule has 1 fully saturated rings. The molecule has 0 radical (unpaired) electrons. The van der Waals surface area contributed by atoms with Crippen LogP contribution in [0.2, 0.25) is 0 Å². The minimum atomic E-state index is -0.104. The summed E-state index contributed by atoms with van der Waals surface area (Å²) in [5.74, 6) is 2.70. The number of likely N-dealkylation sites (tertiary alicyclic amines) is 1. The highest BCUT2D eigenvalue weighted by Crippen LogP contribution is 2.35. The van der Waals surface area contributed by atoms with Crippen molar-refractivity contribution >= 4 is 5.91 Å². The third kappa shape index (κ3) is 3.64. The van der Waals surface area contributed by atoms with E-state index >= 15 is 0 Å². The summed E-state index contributed by atoms with van der Waals surface area (Å²) in [6.45, 7) is 1.26. The van der Waals surface area contributed by atoms with Gasteiger partial charge in [-0.15, -0.1) is 0 Å². The lowest BCUT2D eigenvalue weighted by molar-refractivity contribution is -0.132. The molecule has 0 bridgehead atoms. The summed E-state index contributed by atoms with van der Waals surface area (Å²) >= 11 is 0. The van der Waals surface area contributed by atoms with Crippen molar-refractivity contribution in [3.63, 3.8) is 0 Å². The molecule has 1 saturated heterocycles. The van der Waals surface area contributed by atoms with Gasteiger partial charge in [0.2, 0.25) is 6.79 Å². The maximum atomic E-state index is 12.5. The quantitative estimate of drug-likeness (QED) is 0.863. The van der Waals surface area contributed by atoms with Crippen molar-refractivity contribution < 1.29 is 23.7 Å². The predicted octanol–water partition coefficient (Wildman–Crippen LogP) is 1.76. The highest BCUT2D eigenvalue weighted by atomic mass is 16.7. The molecule has 2 aliphatic heterocycles. The first-order valence-electron chi connectivity index (χ1n) is 8.84. The van der Waals surface area contributed by atoms with E-state index in [0.717, 1.165) is 11.3 Å². The van der Waals surface area contributed by atoms with Crippen LogP contribution in [0.4, 0.5) is 0 Å². The number of benzene rings is 2. The van der Waals surface area contributed by atoms with Crippen LogP contribution in [0.5, 0.6) is 23.0 Å². The van der Waals surface area contributed by atoms with E-state index in [4.69, 9.17) is 24.7 Å². The van der Waals surface area contributed by atoms with Crippen molar-refractivity contribution in [2.24, 2.45) is 5.73 Å². The number of rotatable bonds is 5. The van der Waals surface area contributed by atoms with Crippen LogP contribution < -0.4 is 24.7 Å². The van der Waals surface area contributed by atoms with Crippen LogP contribution >= 0.6 is 0 Å². The average molecular weight is 370 g/mol. The van der Waals surface area contributed by atoms with Gasteiger partial charge < -0.3 is 29.6 Å². The molecule has 7 heteroatoms. The highest BCUT2D eigenvalue weighted by Gasteiger charge is 2.34. The van der Waals surface area contributed by atoms with E-state index in [1.54, 1.807) is 30.2 Å². The summed E-state index contributed by atoms with van der Waals surface area (Å²) in [5, 5.41) is 0. The highest BCUT2D eigenvalue weighted by molar-refractivity contribution is 5.78. The molecule has 7 nitrogen and oxygen atoms in total. The fraction of sp³-hybridized carbons (Fsp3) is 0.350. The standard InChI is InChI=1S/C20H22N2O5/c1-24-14-4-2-13(3-5-14)16-9-22(10-17(16)21)20(23)11-25-15-6-7-18-19(8-15)27-12-26-18/h2-8,16-17H,9-12,21H2,1H3. The van der Waals surface area contributed by atoms with E-state index < -0.39 is 0 Å². The molecular weight excluding hydrogens is 348 g/mol. The molecule has 27 heavy (non-hydrogen) atoms. The molecule has 0 aromatic heterocycles. The molecule has 2 aliphatic rings. The van der Waals surface area contributed by atoms with Crippen LogP contribution in [0.15, 0.2) is 42.5 Å². The second-order valence-corrected chi connectivity index (χ2v) is 6.65. The number of carbonyl (C=O) groups is 1. The van der Waals surface area contributed by atoms with E-state index in [0.29, 0.717) is 30.3 Å². The SMILES string of the molecule is COc1ccc(C2CN(C(=O)COc3ccc4c(c3)OCO4)CC2N)cc1. The topological polar surface area (TPSA) is 83.2 Å². The number of nitrogens with two attached hydrogens (primary N) is 1. The van der Waals surface area contributed by atoms with Crippen LogP contribution in [-0.2, 0) is 4.79 Å². The van der Waals surface area contributed by atoms with Crippen molar-refractivity contribution in [3.05, 3.63) is 48.0 Å². The summed E-state index contributed by atoms with van der Waals surface area (Å²) in [7, 11) is 1.64. The lowest BCUT2D eigenvalue weighted by Gasteiger charge is -2.17. The Kier molecular flexibility index (Phi) is 4.77. The molecule has 2 unspecified atom stereocenters. The number of carbonyl (C=O) groups excluding carboxylic acids is 1. The van der Waals surface area contributed by atoms with Gasteiger partial charge in [-0.3, -0.25) is 4.79 Å². The number of methoxy groups -OCH3 is 1. The van der Waals surface area contributed by atoms with Crippen molar-refractivity contribution in [3.8, 4) is 23.0 Å². The molecule has 142 valence electrons. The molecule has 0 saturated carbocycles. The van der Waals surface area contributed by atoms with Gasteiger partial charge >= 0.3 is 0 Å². The Hall–Kier alpha value is -2.93. The van der Waals surface area contributed by atoms with Gasteiger partial charge in [0.1, 0.15) is 11.5 Å². The normalized spacial score (nSPS) is 20.6. The Morgan fingerprint density at radius 1 is 1.11 bits per heavy atom. The summed E-state index contributed by atoms with van der Waals surface area (Å²) in [6, 6.07) is 13.0. The van der Waals surface area contributed by atoms with Crippen molar-refractivity contribution in [1.82, 2.24) is 4.90 Å². The van der Waals surface area contributed by atoms with E-state index in [9.17, 15) is 4.79 Å². The van der Waals surface area contributed by atoms with Gasteiger partial charge in [-0.25, -0.2) is 0 Å². The number of fused-ring (bicyclic) bond motifs is 1. The van der Waals surface area contributed by atoms with Crippen LogP contribution in [-0.4, -0.2) is 50.4 Å². The number of hydrogen-bond donors (Lipinski definition) is 1. The van der Waals surface area contributed by atoms with E-state index in [1.165, 1.54) is 0 Å². The molecular formula is C20H22N2O5. The second kappa shape index (κ2) is 7.36. The Bertz CT molecular complexity index is 824. The van der Waals surface area contributed by atoms with Gasteiger partial charge in [0.05, 0.1) is 7.11 Å². The number of hydrogen-bond acceptors (Lipinski definition) is 6. The Morgan fingerprint density at radius 2 is 1.85 bits per heavy atom. The lowest BCUT2D eigenvalue weighted by atomic mass is 9.95. The zero-order valence-electron chi connectivity index (χ0n) is 15.1. The van der Waals surface area contributed by atoms with Crippen molar-refractivity contribution in [2.75, 3.05) is 33.6 Å². The zero-order valence-corrected chi connectivity index (χ0v) is 15.1. The molecule has 2 heterocycles. The molecule has 1 amide bonds. The zero-order chi connectivity index (χ0) is 18.8. The Balaban J connectivity index is 1.35. The minimum absolute atomic E-state index is 0.0400. The summed E-state index contributed by atoms with van der Waals surface area (Å²) < 4.78 is 21.4. The van der Waals surface area contributed by atoms with Gasteiger partial charge in [0, 0.05) is 31.1 Å². The van der Waals surface area contributed by atoms with Gasteiger partial charge in [-0.1, -0.05) is 12.1 Å². The smallest absolute Gasteiger partial charge is 0.260 e. The number of nitrogens with zero attached hydrogens (tertiary/aromatic N) is 1. The second-order valence-electron chi connectivity index (χ2n) is 6.65. The minimum Gasteiger partial charge on any atom is -0.497 e. The Morgan fingerprint density at radius 3 is 2.63 bits per heavy atom. The van der Waals surface area contributed by atoms with Crippen LogP contribution in [0.3, 0.4) is 0 Å². The van der Waals surface area contributed by atoms with Crippen molar-refractivity contribution in [1.29, 1.82) is 0 Å². The lowest BCUT2D eigenvalue weighted by Crippen LogP contribution is -2.35. The fourth-order valence-corrected chi connectivity index (χ4v) is 3.44. The van der Waals surface area contributed by atoms with Gasteiger partial charge in [-0.2, -0.15) is 0 Å². The van der Waals surface area contributed by atoms with Gasteiger partial charge in [0.15, 0.2) is 18.1 Å². The number of amides is 1. The molecule has 2 atom stereocenters. The Labute approximate surface area is 157 Å². The largest absolute Gasteiger partial charge is 0.497 e. The summed E-state index contributed by atoms with van der Waals surface area (Å²) in [6.07, 6.45) is 0. The third-order valence-corrected chi connectivity index (χ3v) is 4.97. The first-order chi connectivity index (χ1) is 13.1. The molecule has 2 N–H and O–H groups in total. The van der Waals surface area contributed by atoms with Crippen LogP contribution in [0, 0.1) is 0 Å². The van der Waals surface area contributed by atoms with E-state index in [1.807, 2.05) is 24.3 Å². The molecule has 0 spiro atoms. The fourth-order valence-electron chi connectivity index (χ4n) is 3.44. The van der Waals surface area contributed by atoms with E-state index in [2.05, 4.69) is 0 Å². The van der Waals surface area contributed by atoms with Crippen molar-refractivity contribution in [2.45, 2.75) is 12.0 Å².